The molecule has 0 aliphatic heterocycles. The van der Waals surface area contributed by atoms with Crippen LogP contribution in [0.4, 0.5) is 5.69 Å². The van der Waals surface area contributed by atoms with Crippen molar-refractivity contribution < 1.29 is 14.9 Å². The summed E-state index contributed by atoms with van der Waals surface area (Å²) in [6, 6.07) is 5.02. The molecule has 14 heavy (non-hydrogen) atoms. The lowest BCUT2D eigenvalue weighted by atomic mass is 10.2. The molecule has 0 aromatic heterocycles. The number of aromatic hydroxyl groups is 1. The molecular weight excluding hydrogens is 182 g/mol. The smallest absolute Gasteiger partial charge is 0.138 e. The van der Waals surface area contributed by atoms with Gasteiger partial charge in [0.1, 0.15) is 5.75 Å². The van der Waals surface area contributed by atoms with E-state index in [9.17, 15) is 5.11 Å². The highest BCUT2D eigenvalue weighted by Crippen LogP contribution is 2.20. The molecule has 0 bridgehead atoms. The van der Waals surface area contributed by atoms with Crippen LogP contribution in [0.2, 0.25) is 0 Å². The van der Waals surface area contributed by atoms with E-state index in [-0.39, 0.29) is 12.4 Å². The minimum Gasteiger partial charge on any atom is -0.506 e. The molecule has 1 rings (SSSR count). The highest BCUT2D eigenvalue weighted by atomic mass is 16.5. The third-order valence-electron chi connectivity index (χ3n) is 1.81. The first-order valence-electron chi connectivity index (χ1n) is 4.50. The van der Waals surface area contributed by atoms with Crippen LogP contribution in [0.15, 0.2) is 18.2 Å². The number of phenolic OH excluding ortho intramolecular Hbond substituents is 1. The Morgan fingerprint density at radius 1 is 1.36 bits per heavy atom. The van der Waals surface area contributed by atoms with Gasteiger partial charge in [-0.25, -0.2) is 0 Å². The van der Waals surface area contributed by atoms with Gasteiger partial charge in [-0.15, -0.1) is 0 Å². The summed E-state index contributed by atoms with van der Waals surface area (Å²) in [5, 5.41) is 17.8. The average Bonchev–Trinajstić information content (AvgIpc) is 2.18. The van der Waals surface area contributed by atoms with Gasteiger partial charge in [0.15, 0.2) is 0 Å². The van der Waals surface area contributed by atoms with Crippen LogP contribution in [0, 0.1) is 0 Å². The zero-order valence-electron chi connectivity index (χ0n) is 7.94. The van der Waals surface area contributed by atoms with Gasteiger partial charge in [0.25, 0.3) is 0 Å². The molecule has 0 heterocycles. The van der Waals surface area contributed by atoms with Crippen LogP contribution < -0.4 is 5.73 Å². The van der Waals surface area contributed by atoms with Crippen molar-refractivity contribution in [3.8, 4) is 5.75 Å². The molecule has 0 fully saturated rings. The maximum absolute atomic E-state index is 9.28. The van der Waals surface area contributed by atoms with Crippen molar-refractivity contribution >= 4 is 5.69 Å². The summed E-state index contributed by atoms with van der Waals surface area (Å²) in [7, 11) is 0. The lowest BCUT2D eigenvalue weighted by Gasteiger charge is -2.05. The number of ether oxygens (including phenoxy) is 1. The van der Waals surface area contributed by atoms with Gasteiger partial charge in [0.2, 0.25) is 0 Å². The Kier molecular flexibility index (Phi) is 4.22. The fraction of sp³-hybridized carbons (Fsp3) is 0.400. The molecule has 0 saturated carbocycles. The number of rotatable bonds is 5. The maximum Gasteiger partial charge on any atom is 0.138 e. The standard InChI is InChI=1S/C10H15NO3/c11-9-3-2-8(6-10(9)13)7-14-5-1-4-12/h2-3,6,12-13H,1,4-5,7,11H2. The fourth-order valence-corrected chi connectivity index (χ4v) is 1.04. The second-order valence-corrected chi connectivity index (χ2v) is 3.02. The lowest BCUT2D eigenvalue weighted by Crippen LogP contribution is -1.98. The van der Waals surface area contributed by atoms with Gasteiger partial charge >= 0.3 is 0 Å². The van der Waals surface area contributed by atoms with Crippen LogP contribution in [-0.2, 0) is 11.3 Å². The summed E-state index contributed by atoms with van der Waals surface area (Å²) in [6.45, 7) is 1.07. The number of phenols is 1. The summed E-state index contributed by atoms with van der Waals surface area (Å²) < 4.78 is 5.24. The molecule has 1 aromatic rings. The van der Waals surface area contributed by atoms with E-state index in [4.69, 9.17) is 15.6 Å². The van der Waals surface area contributed by atoms with Crippen LogP contribution in [0.5, 0.6) is 5.75 Å². The number of hydrogen-bond donors (Lipinski definition) is 3. The SMILES string of the molecule is Nc1ccc(COCCCO)cc1O. The van der Waals surface area contributed by atoms with Crippen LogP contribution in [0.1, 0.15) is 12.0 Å². The first kappa shape index (κ1) is 10.8. The predicted octanol–water partition coefficient (Wildman–Crippen LogP) is 0.873. The van der Waals surface area contributed by atoms with Crippen molar-refractivity contribution in [3.05, 3.63) is 23.8 Å². The second kappa shape index (κ2) is 5.47. The van der Waals surface area contributed by atoms with Gasteiger partial charge in [0.05, 0.1) is 12.3 Å². The lowest BCUT2D eigenvalue weighted by molar-refractivity contribution is 0.104. The molecular formula is C10H15NO3. The first-order chi connectivity index (χ1) is 6.74. The molecule has 4 N–H and O–H groups in total. The molecule has 0 spiro atoms. The molecule has 4 heteroatoms. The summed E-state index contributed by atoms with van der Waals surface area (Å²) in [5.41, 5.74) is 6.68. The molecule has 0 radical (unpaired) electrons. The van der Waals surface area contributed by atoms with E-state index < -0.39 is 0 Å². The van der Waals surface area contributed by atoms with Crippen molar-refractivity contribution in [2.75, 3.05) is 18.9 Å². The summed E-state index contributed by atoms with van der Waals surface area (Å²) in [5.74, 6) is 0.0771. The zero-order valence-corrected chi connectivity index (χ0v) is 7.94. The minimum absolute atomic E-state index is 0.0771. The van der Waals surface area contributed by atoms with Crippen LogP contribution >= 0.6 is 0 Å². The number of aliphatic hydroxyl groups excluding tert-OH is 1. The van der Waals surface area contributed by atoms with E-state index in [1.54, 1.807) is 18.2 Å². The highest BCUT2D eigenvalue weighted by Gasteiger charge is 1.98. The Morgan fingerprint density at radius 2 is 2.14 bits per heavy atom. The zero-order chi connectivity index (χ0) is 10.4. The number of anilines is 1. The van der Waals surface area contributed by atoms with Crippen molar-refractivity contribution in [1.82, 2.24) is 0 Å². The molecule has 78 valence electrons. The van der Waals surface area contributed by atoms with Crippen LogP contribution in [0.25, 0.3) is 0 Å². The Bertz CT molecular complexity index is 289. The maximum atomic E-state index is 9.28. The first-order valence-corrected chi connectivity index (χ1v) is 4.50. The van der Waals surface area contributed by atoms with Crippen molar-refractivity contribution in [1.29, 1.82) is 0 Å². The Hall–Kier alpha value is -1.26. The number of aliphatic hydroxyl groups is 1. The molecule has 0 amide bonds. The Labute approximate surface area is 82.9 Å². The molecule has 0 unspecified atom stereocenters. The largest absolute Gasteiger partial charge is 0.506 e. The highest BCUT2D eigenvalue weighted by molar-refractivity contribution is 5.52. The number of hydrogen-bond acceptors (Lipinski definition) is 4. The van der Waals surface area contributed by atoms with Gasteiger partial charge < -0.3 is 20.7 Å². The molecule has 4 nitrogen and oxygen atoms in total. The topological polar surface area (TPSA) is 75.7 Å². The molecule has 0 aliphatic rings. The van der Waals surface area contributed by atoms with Gasteiger partial charge in [-0.3, -0.25) is 0 Å². The molecule has 0 saturated heterocycles. The third kappa shape index (κ3) is 3.24. The number of nitrogen functional groups attached to an aromatic ring is 1. The van der Waals surface area contributed by atoms with E-state index in [0.29, 0.717) is 25.3 Å². The van der Waals surface area contributed by atoms with E-state index in [0.717, 1.165) is 5.56 Å². The van der Waals surface area contributed by atoms with E-state index in [2.05, 4.69) is 0 Å². The van der Waals surface area contributed by atoms with E-state index in [1.165, 1.54) is 0 Å². The average molecular weight is 197 g/mol. The van der Waals surface area contributed by atoms with Crippen molar-refractivity contribution in [2.24, 2.45) is 0 Å². The molecule has 0 aliphatic carbocycles. The van der Waals surface area contributed by atoms with Crippen LogP contribution in [0.3, 0.4) is 0 Å². The number of benzene rings is 1. The van der Waals surface area contributed by atoms with Gasteiger partial charge in [-0.2, -0.15) is 0 Å². The molecule has 0 atom stereocenters. The van der Waals surface area contributed by atoms with Gasteiger partial charge in [0, 0.05) is 13.2 Å². The van der Waals surface area contributed by atoms with E-state index in [1.807, 2.05) is 0 Å². The fourth-order valence-electron chi connectivity index (χ4n) is 1.04. The van der Waals surface area contributed by atoms with Gasteiger partial charge in [-0.1, -0.05) is 6.07 Å². The predicted molar refractivity (Wildman–Crippen MR) is 53.9 cm³/mol. The van der Waals surface area contributed by atoms with Crippen molar-refractivity contribution in [2.45, 2.75) is 13.0 Å². The van der Waals surface area contributed by atoms with Gasteiger partial charge in [-0.05, 0) is 24.1 Å². The number of nitrogens with two attached hydrogens (primary N) is 1. The summed E-state index contributed by atoms with van der Waals surface area (Å²) >= 11 is 0. The molecule has 1 aromatic carbocycles. The monoisotopic (exact) mass is 197 g/mol. The third-order valence-corrected chi connectivity index (χ3v) is 1.81. The minimum atomic E-state index is 0.0771. The normalized spacial score (nSPS) is 10.4. The van der Waals surface area contributed by atoms with Crippen molar-refractivity contribution in [3.63, 3.8) is 0 Å². The van der Waals surface area contributed by atoms with E-state index >= 15 is 0 Å². The Morgan fingerprint density at radius 3 is 2.79 bits per heavy atom. The second-order valence-electron chi connectivity index (χ2n) is 3.02. The Balaban J connectivity index is 2.39. The van der Waals surface area contributed by atoms with Crippen LogP contribution in [-0.4, -0.2) is 23.4 Å². The quantitative estimate of drug-likeness (QED) is 0.372. The summed E-state index contributed by atoms with van der Waals surface area (Å²) in [4.78, 5) is 0. The summed E-state index contributed by atoms with van der Waals surface area (Å²) in [6.07, 6.45) is 0.626.